The van der Waals surface area contributed by atoms with Crippen molar-refractivity contribution in [3.63, 3.8) is 0 Å². The monoisotopic (exact) mass is 452 g/mol. The van der Waals surface area contributed by atoms with E-state index in [0.717, 1.165) is 16.5 Å². The molecule has 1 amide bonds. The van der Waals surface area contributed by atoms with E-state index in [2.05, 4.69) is 0 Å². The number of nitrogens with zero attached hydrogens (tertiary/aromatic N) is 2. The Morgan fingerprint density at radius 1 is 1.00 bits per heavy atom. The molecular weight excluding hydrogens is 424 g/mol. The van der Waals surface area contributed by atoms with Crippen molar-refractivity contribution in [2.75, 3.05) is 31.6 Å². The van der Waals surface area contributed by atoms with Gasteiger partial charge >= 0.3 is 0 Å². The summed E-state index contributed by atoms with van der Waals surface area (Å²) in [4.78, 5) is 15.2. The molecule has 0 aliphatic carbocycles. The van der Waals surface area contributed by atoms with Gasteiger partial charge in [0.25, 0.3) is 0 Å². The molecule has 0 atom stereocenters. The van der Waals surface area contributed by atoms with Crippen molar-refractivity contribution < 1.29 is 17.9 Å². The number of carbonyl (C=O) groups excluding carboxylic acids is 1. The number of hydrogen-bond donors (Lipinski definition) is 0. The molecule has 32 heavy (non-hydrogen) atoms. The van der Waals surface area contributed by atoms with Crippen LogP contribution >= 0.6 is 0 Å². The Balaban J connectivity index is 1.44. The van der Waals surface area contributed by atoms with Gasteiger partial charge in [-0.15, -0.1) is 0 Å². The summed E-state index contributed by atoms with van der Waals surface area (Å²) < 4.78 is 32.9. The first-order valence-electron chi connectivity index (χ1n) is 10.9. The third kappa shape index (κ3) is 4.36. The van der Waals surface area contributed by atoms with E-state index in [1.54, 1.807) is 36.2 Å². The highest BCUT2D eigenvalue weighted by Gasteiger charge is 2.33. The van der Waals surface area contributed by atoms with Gasteiger partial charge in [0.2, 0.25) is 15.9 Å². The van der Waals surface area contributed by atoms with Crippen molar-refractivity contribution in [3.8, 4) is 5.75 Å². The van der Waals surface area contributed by atoms with E-state index in [-0.39, 0.29) is 16.7 Å². The minimum atomic E-state index is -3.59. The van der Waals surface area contributed by atoms with Crippen LogP contribution in [0.2, 0.25) is 0 Å². The molecule has 1 aliphatic heterocycles. The summed E-state index contributed by atoms with van der Waals surface area (Å²) in [5.74, 6) is 0.470. The number of carbonyl (C=O) groups is 1. The Morgan fingerprint density at radius 3 is 2.34 bits per heavy atom. The third-order valence-corrected chi connectivity index (χ3v) is 7.95. The van der Waals surface area contributed by atoms with Crippen LogP contribution in [0.4, 0.5) is 5.69 Å². The normalized spacial score (nSPS) is 15.6. The van der Waals surface area contributed by atoms with Gasteiger partial charge in [-0.2, -0.15) is 4.31 Å². The van der Waals surface area contributed by atoms with E-state index in [1.165, 1.54) is 4.31 Å². The fourth-order valence-corrected chi connectivity index (χ4v) is 5.73. The SMILES string of the molecule is CCOc1ccc(S(=O)(=O)N2CCC(C(=O)N(C)c3cccc4ccccc34)CC2)cc1. The van der Waals surface area contributed by atoms with Crippen molar-refractivity contribution in [2.45, 2.75) is 24.7 Å². The molecule has 0 saturated carbocycles. The largest absolute Gasteiger partial charge is 0.494 e. The van der Waals surface area contributed by atoms with Crippen LogP contribution < -0.4 is 9.64 Å². The Kier molecular flexibility index (Phi) is 6.48. The zero-order chi connectivity index (χ0) is 22.7. The Hall–Kier alpha value is -2.90. The second kappa shape index (κ2) is 9.30. The van der Waals surface area contributed by atoms with Gasteiger partial charge in [-0.3, -0.25) is 4.79 Å². The summed E-state index contributed by atoms with van der Waals surface area (Å²) >= 11 is 0. The van der Waals surface area contributed by atoms with Crippen molar-refractivity contribution >= 4 is 32.4 Å². The van der Waals surface area contributed by atoms with Crippen molar-refractivity contribution in [1.82, 2.24) is 4.31 Å². The zero-order valence-corrected chi connectivity index (χ0v) is 19.2. The van der Waals surface area contributed by atoms with E-state index >= 15 is 0 Å². The number of rotatable bonds is 6. The minimum absolute atomic E-state index is 0.0273. The van der Waals surface area contributed by atoms with Crippen LogP contribution in [0.5, 0.6) is 5.75 Å². The first-order chi connectivity index (χ1) is 15.4. The van der Waals surface area contributed by atoms with Gasteiger partial charge in [-0.05, 0) is 55.5 Å². The van der Waals surface area contributed by atoms with Crippen LogP contribution in [0.15, 0.2) is 71.6 Å². The molecule has 1 saturated heterocycles. The average molecular weight is 453 g/mol. The van der Waals surface area contributed by atoms with Gasteiger partial charge in [-0.25, -0.2) is 8.42 Å². The summed E-state index contributed by atoms with van der Waals surface area (Å²) in [5, 5.41) is 2.11. The van der Waals surface area contributed by atoms with Crippen LogP contribution in [-0.2, 0) is 14.8 Å². The van der Waals surface area contributed by atoms with Crippen LogP contribution in [0.25, 0.3) is 10.8 Å². The molecule has 0 spiro atoms. The minimum Gasteiger partial charge on any atom is -0.494 e. The van der Waals surface area contributed by atoms with Crippen molar-refractivity contribution in [3.05, 3.63) is 66.7 Å². The van der Waals surface area contributed by atoms with E-state index in [9.17, 15) is 13.2 Å². The lowest BCUT2D eigenvalue weighted by atomic mass is 9.96. The molecule has 168 valence electrons. The molecule has 0 bridgehead atoms. The van der Waals surface area contributed by atoms with Crippen LogP contribution in [0.1, 0.15) is 19.8 Å². The smallest absolute Gasteiger partial charge is 0.243 e. The topological polar surface area (TPSA) is 66.9 Å². The molecule has 0 N–H and O–H groups in total. The van der Waals surface area contributed by atoms with Crippen molar-refractivity contribution in [2.24, 2.45) is 5.92 Å². The standard InChI is InChI=1S/C25H28N2O4S/c1-3-31-21-11-13-22(14-12-21)32(29,30)27-17-15-20(16-18-27)25(28)26(2)24-10-6-8-19-7-4-5-9-23(19)24/h4-14,20H,3,15-18H2,1-2H3. The van der Waals surface area contributed by atoms with Crippen LogP contribution in [-0.4, -0.2) is 45.4 Å². The second-order valence-electron chi connectivity index (χ2n) is 7.98. The molecular formula is C25H28N2O4S. The van der Waals surface area contributed by atoms with Crippen LogP contribution in [0, 0.1) is 5.92 Å². The summed E-state index contributed by atoms with van der Waals surface area (Å²) in [5.41, 5.74) is 0.873. The molecule has 1 heterocycles. The zero-order valence-electron chi connectivity index (χ0n) is 18.4. The van der Waals surface area contributed by atoms with E-state index in [4.69, 9.17) is 4.74 Å². The van der Waals surface area contributed by atoms with E-state index < -0.39 is 10.0 Å². The highest BCUT2D eigenvalue weighted by molar-refractivity contribution is 7.89. The summed E-state index contributed by atoms with van der Waals surface area (Å²) in [6.45, 7) is 3.07. The lowest BCUT2D eigenvalue weighted by Gasteiger charge is -2.32. The van der Waals surface area contributed by atoms with Crippen molar-refractivity contribution in [1.29, 1.82) is 0 Å². The fourth-order valence-electron chi connectivity index (χ4n) is 4.26. The Morgan fingerprint density at radius 2 is 1.66 bits per heavy atom. The van der Waals surface area contributed by atoms with Gasteiger partial charge in [0.15, 0.2) is 0 Å². The summed E-state index contributed by atoms with van der Waals surface area (Å²) in [6.07, 6.45) is 1.01. The Bertz CT molecular complexity index is 1190. The molecule has 3 aromatic carbocycles. The number of amides is 1. The second-order valence-corrected chi connectivity index (χ2v) is 9.92. The van der Waals surface area contributed by atoms with E-state index in [1.807, 2.05) is 49.4 Å². The average Bonchev–Trinajstić information content (AvgIpc) is 2.83. The number of anilines is 1. The maximum atomic E-state index is 13.2. The molecule has 3 aromatic rings. The number of ether oxygens (including phenoxy) is 1. The molecule has 1 fully saturated rings. The lowest BCUT2D eigenvalue weighted by Crippen LogP contribution is -2.43. The fraction of sp³-hybridized carbons (Fsp3) is 0.320. The molecule has 0 aromatic heterocycles. The van der Waals surface area contributed by atoms with Gasteiger partial charge in [-0.1, -0.05) is 36.4 Å². The number of sulfonamides is 1. The lowest BCUT2D eigenvalue weighted by molar-refractivity contribution is -0.123. The molecule has 4 rings (SSSR count). The number of fused-ring (bicyclic) bond motifs is 1. The summed E-state index contributed by atoms with van der Waals surface area (Å²) in [6, 6.07) is 20.4. The third-order valence-electron chi connectivity index (χ3n) is 6.03. The molecule has 1 aliphatic rings. The van der Waals surface area contributed by atoms with Crippen LogP contribution in [0.3, 0.4) is 0 Å². The predicted octanol–water partition coefficient (Wildman–Crippen LogP) is 4.30. The molecule has 0 unspecified atom stereocenters. The molecule has 0 radical (unpaired) electrons. The van der Waals surface area contributed by atoms with Gasteiger partial charge in [0.05, 0.1) is 17.2 Å². The first kappa shape index (κ1) is 22.3. The molecule has 7 heteroatoms. The summed E-state index contributed by atoms with van der Waals surface area (Å²) in [7, 11) is -1.79. The Labute approximate surface area is 189 Å². The predicted molar refractivity (Wildman–Crippen MR) is 126 cm³/mol. The maximum absolute atomic E-state index is 13.2. The van der Waals surface area contributed by atoms with Gasteiger partial charge in [0.1, 0.15) is 5.75 Å². The highest BCUT2D eigenvalue weighted by Crippen LogP contribution is 2.30. The number of hydrogen-bond acceptors (Lipinski definition) is 4. The highest BCUT2D eigenvalue weighted by atomic mass is 32.2. The van der Waals surface area contributed by atoms with Gasteiger partial charge in [0, 0.05) is 31.4 Å². The van der Waals surface area contributed by atoms with E-state index in [0.29, 0.717) is 38.3 Å². The molecule has 6 nitrogen and oxygen atoms in total. The quantitative estimate of drug-likeness (QED) is 0.559. The van der Waals surface area contributed by atoms with Gasteiger partial charge < -0.3 is 9.64 Å². The number of benzene rings is 3. The first-order valence-corrected chi connectivity index (χ1v) is 12.3. The maximum Gasteiger partial charge on any atom is 0.243 e. The number of piperidine rings is 1.